The second-order valence-corrected chi connectivity index (χ2v) is 8.02. The van der Waals surface area contributed by atoms with Crippen LogP contribution in [0.2, 0.25) is 0 Å². The minimum absolute atomic E-state index is 0.168. The summed E-state index contributed by atoms with van der Waals surface area (Å²) >= 11 is 3.45. The van der Waals surface area contributed by atoms with Crippen molar-refractivity contribution in [3.05, 3.63) is 28.2 Å². The maximum absolute atomic E-state index is 11.4. The molecule has 6 heteroatoms. The van der Waals surface area contributed by atoms with E-state index >= 15 is 0 Å². The fourth-order valence-electron chi connectivity index (χ4n) is 1.75. The summed E-state index contributed by atoms with van der Waals surface area (Å²) in [7, 11) is -1.02. The molecular weight excluding hydrogens is 342 g/mol. The van der Waals surface area contributed by atoms with Gasteiger partial charge in [0.05, 0.1) is 12.4 Å². The fourth-order valence-corrected chi connectivity index (χ4v) is 2.98. The highest BCUT2D eigenvalue weighted by molar-refractivity contribution is 9.10. The average molecular weight is 364 g/mol. The van der Waals surface area contributed by atoms with Gasteiger partial charge in [0.15, 0.2) is 0 Å². The lowest BCUT2D eigenvalue weighted by molar-refractivity contribution is 0.311. The van der Waals surface area contributed by atoms with Crippen molar-refractivity contribution in [1.82, 2.24) is 5.32 Å². The van der Waals surface area contributed by atoms with Crippen LogP contribution in [0, 0.1) is 0 Å². The van der Waals surface area contributed by atoms with Crippen LogP contribution in [-0.2, 0) is 9.84 Å². The topological polar surface area (TPSA) is 55.4 Å². The van der Waals surface area contributed by atoms with Crippen molar-refractivity contribution in [2.45, 2.75) is 26.3 Å². The number of halogens is 1. The van der Waals surface area contributed by atoms with Crippen LogP contribution in [0.25, 0.3) is 0 Å². The Balaban J connectivity index is 2.64. The minimum Gasteiger partial charge on any atom is -0.493 e. The lowest BCUT2D eigenvalue weighted by Gasteiger charge is -2.17. The molecule has 4 nitrogen and oxygen atoms in total. The maximum atomic E-state index is 11.4. The first-order chi connectivity index (χ1) is 9.39. The third-order valence-electron chi connectivity index (χ3n) is 3.17. The largest absolute Gasteiger partial charge is 0.493 e. The predicted octanol–water partition coefficient (Wildman–Crippen LogP) is 2.93. The molecule has 0 aliphatic heterocycles. The summed E-state index contributed by atoms with van der Waals surface area (Å²) in [6, 6.07) is 6.01. The number of hydrogen-bond acceptors (Lipinski definition) is 4. The van der Waals surface area contributed by atoms with E-state index in [0.29, 0.717) is 13.0 Å². The second-order valence-electron chi connectivity index (χ2n) is 4.63. The SMILES string of the molecule is CCS(=O)(=O)CCCOc1ccc(Br)cc1C(C)NC. The van der Waals surface area contributed by atoms with Crippen molar-refractivity contribution in [2.24, 2.45) is 0 Å². The molecule has 114 valence electrons. The first kappa shape index (κ1) is 17.5. The highest BCUT2D eigenvalue weighted by Gasteiger charge is 2.12. The number of sulfone groups is 1. The molecular formula is C14H22BrNO3S. The first-order valence-electron chi connectivity index (χ1n) is 6.69. The summed E-state index contributed by atoms with van der Waals surface area (Å²) in [5, 5.41) is 3.18. The van der Waals surface area contributed by atoms with Crippen LogP contribution < -0.4 is 10.1 Å². The lowest BCUT2D eigenvalue weighted by Crippen LogP contribution is -2.15. The molecule has 0 radical (unpaired) electrons. The molecule has 20 heavy (non-hydrogen) atoms. The Hall–Kier alpha value is -0.590. The third-order valence-corrected chi connectivity index (χ3v) is 5.45. The Morgan fingerprint density at radius 1 is 1.40 bits per heavy atom. The van der Waals surface area contributed by atoms with Crippen molar-refractivity contribution >= 4 is 25.8 Å². The molecule has 0 aliphatic carbocycles. The van der Waals surface area contributed by atoms with E-state index in [-0.39, 0.29) is 17.5 Å². The zero-order chi connectivity index (χ0) is 15.2. The number of hydrogen-bond donors (Lipinski definition) is 1. The van der Waals surface area contributed by atoms with Gasteiger partial charge >= 0.3 is 0 Å². The minimum atomic E-state index is -2.91. The molecule has 0 saturated heterocycles. The van der Waals surface area contributed by atoms with E-state index in [9.17, 15) is 8.42 Å². The summed E-state index contributed by atoms with van der Waals surface area (Å²) in [5.74, 6) is 1.16. The zero-order valence-corrected chi connectivity index (χ0v) is 14.6. The standard InChI is InChI=1S/C14H22BrNO3S/c1-4-20(17,18)9-5-8-19-14-7-6-12(15)10-13(14)11(2)16-3/h6-7,10-11,16H,4-5,8-9H2,1-3H3. The van der Waals surface area contributed by atoms with E-state index in [2.05, 4.69) is 28.2 Å². The van der Waals surface area contributed by atoms with Crippen molar-refractivity contribution < 1.29 is 13.2 Å². The number of nitrogens with one attached hydrogen (secondary N) is 1. The van der Waals surface area contributed by atoms with Crippen molar-refractivity contribution in [1.29, 1.82) is 0 Å². The average Bonchev–Trinajstić information content (AvgIpc) is 2.44. The smallest absolute Gasteiger partial charge is 0.150 e. The molecule has 1 aromatic rings. The molecule has 0 spiro atoms. The lowest BCUT2D eigenvalue weighted by atomic mass is 10.1. The van der Waals surface area contributed by atoms with Gasteiger partial charge in [0.1, 0.15) is 15.6 Å². The molecule has 0 heterocycles. The van der Waals surface area contributed by atoms with E-state index in [1.165, 1.54) is 0 Å². The van der Waals surface area contributed by atoms with E-state index in [1.54, 1.807) is 6.92 Å². The van der Waals surface area contributed by atoms with Gasteiger partial charge in [-0.1, -0.05) is 22.9 Å². The van der Waals surface area contributed by atoms with Gasteiger partial charge in [-0.05, 0) is 38.6 Å². The summed E-state index contributed by atoms with van der Waals surface area (Å²) in [5.41, 5.74) is 1.06. The molecule has 1 atom stereocenters. The van der Waals surface area contributed by atoms with E-state index in [1.807, 2.05) is 25.2 Å². The molecule has 1 rings (SSSR count). The molecule has 0 aromatic heterocycles. The molecule has 0 aliphatic rings. The second kappa shape index (κ2) is 8.00. The highest BCUT2D eigenvalue weighted by Crippen LogP contribution is 2.28. The van der Waals surface area contributed by atoms with E-state index < -0.39 is 9.84 Å². The molecule has 1 aromatic carbocycles. The van der Waals surface area contributed by atoms with Gasteiger partial charge in [-0.2, -0.15) is 0 Å². The number of ether oxygens (including phenoxy) is 1. The summed E-state index contributed by atoms with van der Waals surface area (Å²) < 4.78 is 29.5. The summed E-state index contributed by atoms with van der Waals surface area (Å²) in [6.45, 7) is 4.12. The van der Waals surface area contributed by atoms with Crippen LogP contribution in [0.4, 0.5) is 0 Å². The highest BCUT2D eigenvalue weighted by atomic mass is 79.9. The Kier molecular flexibility index (Phi) is 6.99. The number of rotatable bonds is 8. The van der Waals surface area contributed by atoms with Crippen LogP contribution in [-0.4, -0.2) is 33.6 Å². The van der Waals surface area contributed by atoms with Crippen LogP contribution in [0.3, 0.4) is 0 Å². The van der Waals surface area contributed by atoms with Gasteiger partial charge in [-0.15, -0.1) is 0 Å². The molecule has 0 fully saturated rings. The van der Waals surface area contributed by atoms with Crippen molar-refractivity contribution in [3.8, 4) is 5.75 Å². The van der Waals surface area contributed by atoms with Crippen LogP contribution in [0.1, 0.15) is 31.9 Å². The molecule has 0 amide bonds. The Morgan fingerprint density at radius 3 is 2.70 bits per heavy atom. The molecule has 1 unspecified atom stereocenters. The summed E-state index contributed by atoms with van der Waals surface area (Å²) in [6.07, 6.45) is 0.514. The Morgan fingerprint density at radius 2 is 2.10 bits per heavy atom. The van der Waals surface area contributed by atoms with Crippen molar-refractivity contribution in [2.75, 3.05) is 25.2 Å². The zero-order valence-electron chi connectivity index (χ0n) is 12.1. The van der Waals surface area contributed by atoms with Crippen LogP contribution >= 0.6 is 15.9 Å². The van der Waals surface area contributed by atoms with Gasteiger partial charge < -0.3 is 10.1 Å². The van der Waals surface area contributed by atoms with E-state index in [0.717, 1.165) is 15.8 Å². The van der Waals surface area contributed by atoms with Crippen LogP contribution in [0.5, 0.6) is 5.75 Å². The Bertz CT molecular complexity index is 531. The van der Waals surface area contributed by atoms with Gasteiger partial charge in [0.2, 0.25) is 0 Å². The first-order valence-corrected chi connectivity index (χ1v) is 9.31. The molecule has 1 N–H and O–H groups in total. The number of benzene rings is 1. The third kappa shape index (κ3) is 5.42. The maximum Gasteiger partial charge on any atom is 0.150 e. The van der Waals surface area contributed by atoms with Crippen molar-refractivity contribution in [3.63, 3.8) is 0 Å². The van der Waals surface area contributed by atoms with Crippen LogP contribution in [0.15, 0.2) is 22.7 Å². The van der Waals surface area contributed by atoms with Gasteiger partial charge in [-0.25, -0.2) is 8.42 Å². The van der Waals surface area contributed by atoms with Gasteiger partial charge in [-0.3, -0.25) is 0 Å². The fraction of sp³-hybridized carbons (Fsp3) is 0.571. The molecule has 0 saturated carbocycles. The van der Waals surface area contributed by atoms with E-state index in [4.69, 9.17) is 4.74 Å². The predicted molar refractivity (Wildman–Crippen MR) is 86.1 cm³/mol. The quantitative estimate of drug-likeness (QED) is 0.721. The van der Waals surface area contributed by atoms with Gasteiger partial charge in [0.25, 0.3) is 0 Å². The Labute approximate surface area is 130 Å². The monoisotopic (exact) mass is 363 g/mol. The normalized spacial score (nSPS) is 13.2. The molecule has 0 bridgehead atoms. The van der Waals surface area contributed by atoms with Gasteiger partial charge in [0, 0.05) is 21.8 Å². The summed E-state index contributed by atoms with van der Waals surface area (Å²) in [4.78, 5) is 0.